The molecule has 1 aromatic heterocycles. The van der Waals surface area contributed by atoms with E-state index in [-0.39, 0.29) is 5.91 Å². The Kier molecular flexibility index (Phi) is 9.74. The molecule has 3 nitrogen and oxygen atoms in total. The van der Waals surface area contributed by atoms with Gasteiger partial charge in [-0.2, -0.15) is 0 Å². The second kappa shape index (κ2) is 10.7. The molecule has 0 unspecified atom stereocenters. The average molecular weight is 445 g/mol. The molecule has 0 aromatic carbocycles. The second-order valence-electron chi connectivity index (χ2n) is 6.68. The van der Waals surface area contributed by atoms with Crippen LogP contribution in [0, 0.1) is 0 Å². The number of anilines is 1. The van der Waals surface area contributed by atoms with Gasteiger partial charge in [-0.25, -0.2) is 0 Å². The van der Waals surface area contributed by atoms with Gasteiger partial charge in [0.25, 0.3) is 0 Å². The van der Waals surface area contributed by atoms with Gasteiger partial charge in [0.05, 0.1) is 0 Å². The summed E-state index contributed by atoms with van der Waals surface area (Å²) >= 11 is -0.550. The first kappa shape index (κ1) is 20.9. The molecule has 0 aliphatic rings. The van der Waals surface area contributed by atoms with Crippen molar-refractivity contribution in [3.05, 3.63) is 6.20 Å². The molecule has 0 aliphatic heterocycles. The first-order valence-electron chi connectivity index (χ1n) is 9.21. The number of thiazole rings is 1. The number of hydrogen-bond donors (Lipinski definition) is 0. The number of rotatable bonds is 11. The van der Waals surface area contributed by atoms with Crippen LogP contribution >= 0.6 is 11.3 Å². The Morgan fingerprint density at radius 3 is 1.96 bits per heavy atom. The summed E-state index contributed by atoms with van der Waals surface area (Å²) in [5.41, 5.74) is 0. The molecule has 0 spiro atoms. The number of carbonyl (C=O) groups excluding carboxylic acids is 1. The van der Waals surface area contributed by atoms with Crippen LogP contribution in [0.3, 0.4) is 0 Å². The first-order chi connectivity index (χ1) is 11.0. The number of nitrogens with zero attached hydrogens (tertiary/aromatic N) is 2. The molecule has 0 atom stereocenters. The van der Waals surface area contributed by atoms with E-state index in [1.54, 1.807) is 14.7 Å². The van der Waals surface area contributed by atoms with Crippen LogP contribution in [-0.4, -0.2) is 36.3 Å². The summed E-state index contributed by atoms with van der Waals surface area (Å²) < 4.78 is 5.96. The molecule has 0 N–H and O–H groups in total. The van der Waals surface area contributed by atoms with Gasteiger partial charge >= 0.3 is 151 Å². The molecule has 0 saturated heterocycles. The summed E-state index contributed by atoms with van der Waals surface area (Å²) in [5, 5.41) is 0.887. The number of carbonyl (C=O) groups is 1. The van der Waals surface area contributed by atoms with Crippen LogP contribution in [0.5, 0.6) is 0 Å². The van der Waals surface area contributed by atoms with Crippen molar-refractivity contribution in [1.82, 2.24) is 4.98 Å². The van der Waals surface area contributed by atoms with E-state index < -0.39 is 18.4 Å². The molecule has 5 heteroatoms. The van der Waals surface area contributed by atoms with Crippen LogP contribution in [0.25, 0.3) is 0 Å². The fourth-order valence-electron chi connectivity index (χ4n) is 3.09. The van der Waals surface area contributed by atoms with Crippen molar-refractivity contribution in [2.45, 2.75) is 79.5 Å². The van der Waals surface area contributed by atoms with Crippen LogP contribution in [0.1, 0.15) is 66.2 Å². The molecule has 0 saturated carbocycles. The van der Waals surface area contributed by atoms with Crippen molar-refractivity contribution < 1.29 is 4.79 Å². The summed E-state index contributed by atoms with van der Waals surface area (Å²) in [5.74, 6) is 0.0716. The number of amides is 1. The molecular formula is C18H34N2OSSn. The van der Waals surface area contributed by atoms with E-state index >= 15 is 0 Å². The fraction of sp³-hybridized carbons (Fsp3) is 0.778. The molecule has 1 amide bonds. The van der Waals surface area contributed by atoms with Crippen LogP contribution in [0.2, 0.25) is 13.3 Å². The van der Waals surface area contributed by atoms with Crippen molar-refractivity contribution in [2.24, 2.45) is 0 Å². The Morgan fingerprint density at radius 1 is 1.09 bits per heavy atom. The van der Waals surface area contributed by atoms with Crippen molar-refractivity contribution in [1.29, 1.82) is 0 Å². The summed E-state index contributed by atoms with van der Waals surface area (Å²) in [4.78, 5) is 17.9. The van der Waals surface area contributed by atoms with E-state index in [0.717, 1.165) is 5.13 Å². The van der Waals surface area contributed by atoms with E-state index in [9.17, 15) is 4.79 Å². The number of hydrogen-bond acceptors (Lipinski definition) is 3. The molecule has 0 bridgehead atoms. The standard InChI is InChI=1S/C6H7N2OS.3C4H9.Sn/c1-5(9)8(2)6-7-3-4-10-6;3*1-3-4-2;/h3H,1-2H3;3*1,3-4H2,2H3;. The van der Waals surface area contributed by atoms with Gasteiger partial charge in [-0.15, -0.1) is 0 Å². The molecule has 0 radical (unpaired) electrons. The van der Waals surface area contributed by atoms with Crippen molar-refractivity contribution in [3.8, 4) is 0 Å². The van der Waals surface area contributed by atoms with E-state index in [1.165, 1.54) is 51.8 Å². The minimum atomic E-state index is -2.37. The maximum absolute atomic E-state index is 11.6. The summed E-state index contributed by atoms with van der Waals surface area (Å²) in [6.45, 7) is 8.52. The van der Waals surface area contributed by atoms with Gasteiger partial charge in [0.15, 0.2) is 0 Å². The quantitative estimate of drug-likeness (QED) is 0.440. The predicted octanol–water partition coefficient (Wildman–Crippen LogP) is 5.18. The molecule has 1 aromatic rings. The minimum absolute atomic E-state index is 0.0716. The monoisotopic (exact) mass is 446 g/mol. The Bertz CT molecular complexity index is 454. The predicted molar refractivity (Wildman–Crippen MR) is 106 cm³/mol. The third-order valence-electron chi connectivity index (χ3n) is 4.80. The van der Waals surface area contributed by atoms with E-state index in [2.05, 4.69) is 32.0 Å². The van der Waals surface area contributed by atoms with Crippen molar-refractivity contribution in [3.63, 3.8) is 0 Å². The Hall–Kier alpha value is -0.101. The van der Waals surface area contributed by atoms with E-state index in [0.29, 0.717) is 0 Å². The van der Waals surface area contributed by atoms with E-state index in [1.807, 2.05) is 18.4 Å². The van der Waals surface area contributed by atoms with Crippen LogP contribution in [0.15, 0.2) is 6.20 Å². The van der Waals surface area contributed by atoms with Gasteiger partial charge in [-0.05, 0) is 0 Å². The normalized spacial score (nSPS) is 11.7. The van der Waals surface area contributed by atoms with Gasteiger partial charge in [-0.3, -0.25) is 0 Å². The molecular weight excluding hydrogens is 411 g/mol. The van der Waals surface area contributed by atoms with Gasteiger partial charge in [-0.1, -0.05) is 0 Å². The Morgan fingerprint density at radius 2 is 1.57 bits per heavy atom. The van der Waals surface area contributed by atoms with Crippen molar-refractivity contribution in [2.75, 3.05) is 11.9 Å². The fourth-order valence-corrected chi connectivity index (χ4v) is 22.7. The van der Waals surface area contributed by atoms with E-state index in [4.69, 9.17) is 0 Å². The Labute approximate surface area is 150 Å². The maximum atomic E-state index is 11.6. The summed E-state index contributed by atoms with van der Waals surface area (Å²) in [6, 6.07) is 0. The van der Waals surface area contributed by atoms with Gasteiger partial charge in [0.1, 0.15) is 0 Å². The van der Waals surface area contributed by atoms with Crippen LogP contribution in [-0.2, 0) is 4.79 Å². The number of unbranched alkanes of at least 4 members (excludes halogenated alkanes) is 3. The number of aromatic nitrogens is 1. The van der Waals surface area contributed by atoms with Crippen molar-refractivity contribution >= 4 is 43.6 Å². The van der Waals surface area contributed by atoms with Crippen LogP contribution in [0.4, 0.5) is 5.13 Å². The van der Waals surface area contributed by atoms with Gasteiger partial charge in [0, 0.05) is 0 Å². The van der Waals surface area contributed by atoms with Crippen LogP contribution < -0.4 is 7.79 Å². The molecule has 0 fully saturated rings. The SMILES string of the molecule is CCC[CH2][Sn]([CH2]CCC)([CH2]CCC)[c]1cnc(N(C)C(C)=O)s1. The second-order valence-corrected chi connectivity index (χ2v) is 21.8. The first-order valence-corrected chi connectivity index (χ1v) is 17.5. The zero-order valence-corrected chi connectivity index (χ0v) is 19.3. The zero-order valence-electron chi connectivity index (χ0n) is 15.7. The summed E-state index contributed by atoms with van der Waals surface area (Å²) in [6.07, 6.45) is 10.1. The summed E-state index contributed by atoms with van der Waals surface area (Å²) in [7, 11) is 1.84. The third-order valence-corrected chi connectivity index (χ3v) is 24.0. The van der Waals surface area contributed by atoms with Gasteiger partial charge in [0.2, 0.25) is 0 Å². The van der Waals surface area contributed by atoms with Gasteiger partial charge < -0.3 is 0 Å². The molecule has 1 rings (SSSR count). The molecule has 0 aliphatic carbocycles. The molecule has 132 valence electrons. The third kappa shape index (κ3) is 6.04. The topological polar surface area (TPSA) is 33.2 Å². The molecule has 23 heavy (non-hydrogen) atoms. The zero-order chi connectivity index (χ0) is 17.3. The Balaban J connectivity index is 3.11. The average Bonchev–Trinajstić information content (AvgIpc) is 3.04. The molecule has 1 heterocycles.